The summed E-state index contributed by atoms with van der Waals surface area (Å²) >= 11 is 0. The van der Waals surface area contributed by atoms with Crippen LogP contribution in [-0.4, -0.2) is 17.1 Å². The number of benzene rings is 1. The first-order valence-corrected chi connectivity index (χ1v) is 6.25. The Balaban J connectivity index is 2.41. The molecular formula is C14H22N2O2. The molecular weight excluding hydrogens is 228 g/mol. The second kappa shape index (κ2) is 7.13. The highest BCUT2D eigenvalue weighted by Gasteiger charge is 2.14. The Morgan fingerprint density at radius 2 is 1.83 bits per heavy atom. The number of carbonyl (C=O) groups excluding carboxylic acids is 1. The predicted octanol–water partition coefficient (Wildman–Crippen LogP) is 1.17. The van der Waals surface area contributed by atoms with Gasteiger partial charge in [0.15, 0.2) is 0 Å². The quantitative estimate of drug-likeness (QED) is 0.709. The Kier molecular flexibility index (Phi) is 5.82. The highest BCUT2D eigenvalue weighted by atomic mass is 16.3. The lowest BCUT2D eigenvalue weighted by atomic mass is 10.0. The van der Waals surface area contributed by atoms with Crippen LogP contribution in [0.15, 0.2) is 24.3 Å². The van der Waals surface area contributed by atoms with Gasteiger partial charge in [-0.05, 0) is 23.5 Å². The molecule has 0 radical (unpaired) electrons. The third-order valence-electron chi connectivity index (χ3n) is 2.73. The normalized spacial score (nSPS) is 12.5. The third-order valence-corrected chi connectivity index (χ3v) is 2.73. The van der Waals surface area contributed by atoms with Gasteiger partial charge in [0.1, 0.15) is 0 Å². The van der Waals surface area contributed by atoms with Crippen molar-refractivity contribution in [3.63, 3.8) is 0 Å². The number of hydrogen-bond donors (Lipinski definition) is 3. The van der Waals surface area contributed by atoms with E-state index in [9.17, 15) is 4.79 Å². The van der Waals surface area contributed by atoms with Crippen LogP contribution in [0, 0.1) is 5.92 Å². The van der Waals surface area contributed by atoms with Crippen LogP contribution in [-0.2, 0) is 17.9 Å². The van der Waals surface area contributed by atoms with Crippen molar-refractivity contribution in [2.75, 3.05) is 0 Å². The van der Waals surface area contributed by atoms with Crippen LogP contribution >= 0.6 is 0 Å². The number of rotatable bonds is 6. The lowest BCUT2D eigenvalue weighted by Gasteiger charge is -2.14. The molecule has 4 heteroatoms. The molecule has 0 heterocycles. The van der Waals surface area contributed by atoms with E-state index in [-0.39, 0.29) is 12.5 Å². The molecule has 0 spiro atoms. The van der Waals surface area contributed by atoms with E-state index in [1.807, 2.05) is 38.1 Å². The first kappa shape index (κ1) is 14.7. The number of nitrogens with two attached hydrogens (primary N) is 1. The standard InChI is InChI=1S/C14H22N2O2/c1-10(2)7-13(15)14(18)16-8-11-3-5-12(9-17)6-4-11/h3-6,10,13,17H,7-9,15H2,1-2H3,(H,16,18)/t13-/m1/s1. The highest BCUT2D eigenvalue weighted by molar-refractivity contribution is 5.81. The third kappa shape index (κ3) is 4.85. The first-order chi connectivity index (χ1) is 8.52. The molecule has 0 saturated heterocycles. The van der Waals surface area contributed by atoms with Crippen molar-refractivity contribution in [2.45, 2.75) is 39.5 Å². The smallest absolute Gasteiger partial charge is 0.237 e. The molecule has 1 amide bonds. The molecule has 0 aliphatic rings. The minimum Gasteiger partial charge on any atom is -0.392 e. The average molecular weight is 250 g/mol. The molecule has 1 aromatic carbocycles. The van der Waals surface area contributed by atoms with Crippen LogP contribution < -0.4 is 11.1 Å². The fraction of sp³-hybridized carbons (Fsp3) is 0.500. The van der Waals surface area contributed by atoms with Gasteiger partial charge in [-0.15, -0.1) is 0 Å². The first-order valence-electron chi connectivity index (χ1n) is 6.25. The summed E-state index contributed by atoms with van der Waals surface area (Å²) in [6, 6.07) is 7.02. The predicted molar refractivity (Wildman–Crippen MR) is 71.6 cm³/mol. The molecule has 1 aromatic rings. The van der Waals surface area contributed by atoms with E-state index in [2.05, 4.69) is 5.32 Å². The molecule has 0 bridgehead atoms. The van der Waals surface area contributed by atoms with Crippen molar-refractivity contribution in [2.24, 2.45) is 11.7 Å². The zero-order valence-corrected chi connectivity index (χ0v) is 11.0. The summed E-state index contributed by atoms with van der Waals surface area (Å²) in [7, 11) is 0. The molecule has 4 nitrogen and oxygen atoms in total. The minimum atomic E-state index is -0.443. The Morgan fingerprint density at radius 3 is 2.33 bits per heavy atom. The maximum absolute atomic E-state index is 11.7. The monoisotopic (exact) mass is 250 g/mol. The van der Waals surface area contributed by atoms with Crippen LogP contribution in [0.1, 0.15) is 31.4 Å². The van der Waals surface area contributed by atoms with Crippen molar-refractivity contribution in [1.29, 1.82) is 0 Å². The molecule has 0 saturated carbocycles. The maximum Gasteiger partial charge on any atom is 0.237 e. The van der Waals surface area contributed by atoms with Gasteiger partial charge in [0.2, 0.25) is 5.91 Å². The van der Waals surface area contributed by atoms with Crippen molar-refractivity contribution in [3.05, 3.63) is 35.4 Å². The molecule has 0 aliphatic carbocycles. The molecule has 0 aromatic heterocycles. The number of aliphatic hydroxyl groups is 1. The second-order valence-corrected chi connectivity index (χ2v) is 4.93. The summed E-state index contributed by atoms with van der Waals surface area (Å²) in [4.78, 5) is 11.7. The van der Waals surface area contributed by atoms with E-state index in [0.29, 0.717) is 18.9 Å². The Bertz CT molecular complexity index is 374. The summed E-state index contributed by atoms with van der Waals surface area (Å²) in [6.45, 7) is 4.59. The van der Waals surface area contributed by atoms with Gasteiger partial charge < -0.3 is 16.2 Å². The van der Waals surface area contributed by atoms with Crippen LogP contribution in [0.5, 0.6) is 0 Å². The molecule has 0 unspecified atom stereocenters. The zero-order valence-electron chi connectivity index (χ0n) is 11.0. The van der Waals surface area contributed by atoms with Crippen LogP contribution in [0.2, 0.25) is 0 Å². The maximum atomic E-state index is 11.7. The fourth-order valence-corrected chi connectivity index (χ4v) is 1.70. The van der Waals surface area contributed by atoms with Crippen LogP contribution in [0.3, 0.4) is 0 Å². The Labute approximate surface area is 108 Å². The van der Waals surface area contributed by atoms with E-state index in [1.165, 1.54) is 0 Å². The average Bonchev–Trinajstić information content (AvgIpc) is 2.35. The van der Waals surface area contributed by atoms with Gasteiger partial charge in [0, 0.05) is 6.54 Å². The number of hydrogen-bond acceptors (Lipinski definition) is 3. The SMILES string of the molecule is CC(C)C[C@@H](N)C(=O)NCc1ccc(CO)cc1. The van der Waals surface area contributed by atoms with Gasteiger partial charge in [-0.3, -0.25) is 4.79 Å². The van der Waals surface area contributed by atoms with Gasteiger partial charge in [0.05, 0.1) is 12.6 Å². The largest absolute Gasteiger partial charge is 0.392 e. The van der Waals surface area contributed by atoms with Crippen molar-refractivity contribution in [1.82, 2.24) is 5.32 Å². The summed E-state index contributed by atoms with van der Waals surface area (Å²) in [5.74, 6) is 0.296. The fourth-order valence-electron chi connectivity index (χ4n) is 1.70. The summed E-state index contributed by atoms with van der Waals surface area (Å²) in [6.07, 6.45) is 0.690. The lowest BCUT2D eigenvalue weighted by Crippen LogP contribution is -2.41. The number of nitrogens with one attached hydrogen (secondary N) is 1. The van der Waals surface area contributed by atoms with E-state index >= 15 is 0 Å². The molecule has 4 N–H and O–H groups in total. The molecule has 18 heavy (non-hydrogen) atoms. The van der Waals surface area contributed by atoms with E-state index in [4.69, 9.17) is 10.8 Å². The van der Waals surface area contributed by atoms with Crippen molar-refractivity contribution >= 4 is 5.91 Å². The summed E-state index contributed by atoms with van der Waals surface area (Å²) < 4.78 is 0. The molecule has 0 aliphatic heterocycles. The van der Waals surface area contributed by atoms with Gasteiger partial charge >= 0.3 is 0 Å². The van der Waals surface area contributed by atoms with Crippen molar-refractivity contribution < 1.29 is 9.90 Å². The molecule has 1 rings (SSSR count). The number of carbonyl (C=O) groups is 1. The number of amides is 1. The van der Waals surface area contributed by atoms with Crippen LogP contribution in [0.4, 0.5) is 0 Å². The topological polar surface area (TPSA) is 75.4 Å². The van der Waals surface area contributed by atoms with Gasteiger partial charge in [-0.1, -0.05) is 38.1 Å². The van der Waals surface area contributed by atoms with Crippen LogP contribution in [0.25, 0.3) is 0 Å². The summed E-state index contributed by atoms with van der Waals surface area (Å²) in [5.41, 5.74) is 7.64. The van der Waals surface area contributed by atoms with Gasteiger partial charge in [-0.2, -0.15) is 0 Å². The second-order valence-electron chi connectivity index (χ2n) is 4.93. The zero-order chi connectivity index (χ0) is 13.5. The van der Waals surface area contributed by atoms with E-state index in [1.54, 1.807) is 0 Å². The summed E-state index contributed by atoms with van der Waals surface area (Å²) in [5, 5.41) is 11.7. The lowest BCUT2D eigenvalue weighted by molar-refractivity contribution is -0.122. The van der Waals surface area contributed by atoms with Gasteiger partial charge in [0.25, 0.3) is 0 Å². The Hall–Kier alpha value is -1.39. The molecule has 100 valence electrons. The van der Waals surface area contributed by atoms with E-state index < -0.39 is 6.04 Å². The van der Waals surface area contributed by atoms with Crippen molar-refractivity contribution in [3.8, 4) is 0 Å². The molecule has 0 fully saturated rings. The number of aliphatic hydroxyl groups excluding tert-OH is 1. The highest BCUT2D eigenvalue weighted by Crippen LogP contribution is 2.05. The minimum absolute atomic E-state index is 0.0336. The van der Waals surface area contributed by atoms with Gasteiger partial charge in [-0.25, -0.2) is 0 Å². The van der Waals surface area contributed by atoms with E-state index in [0.717, 1.165) is 11.1 Å². The Morgan fingerprint density at radius 1 is 1.28 bits per heavy atom. The molecule has 1 atom stereocenters.